The van der Waals surface area contributed by atoms with Crippen LogP contribution in [0.5, 0.6) is 0 Å². The highest BCUT2D eigenvalue weighted by molar-refractivity contribution is 5.80. The maximum Gasteiger partial charge on any atom is 0.323 e. The fourth-order valence-corrected chi connectivity index (χ4v) is 2.62. The van der Waals surface area contributed by atoms with Crippen LogP contribution in [0.15, 0.2) is 0 Å². The highest BCUT2D eigenvalue weighted by Crippen LogP contribution is 2.03. The zero-order valence-electron chi connectivity index (χ0n) is 28.9. The lowest BCUT2D eigenvalue weighted by molar-refractivity contribution is -0.144. The third kappa shape index (κ3) is 42.0. The van der Waals surface area contributed by atoms with E-state index in [-0.39, 0.29) is 6.04 Å². The topological polar surface area (TPSA) is 449 Å². The fraction of sp³-hybridized carbons (Fsp3) is 0.750. The highest BCUT2D eigenvalue weighted by atomic mass is 16.4. The van der Waals surface area contributed by atoms with Crippen molar-refractivity contribution in [1.82, 2.24) is 5.32 Å². The molecule has 1 rings (SSSR count). The zero-order valence-corrected chi connectivity index (χ0v) is 28.9. The average Bonchev–Trinajstić information content (AvgIpc) is 3.53. The van der Waals surface area contributed by atoms with E-state index in [1.165, 1.54) is 13.8 Å². The molecule has 0 radical (unpaired) electrons. The van der Waals surface area contributed by atoms with Gasteiger partial charge in [-0.05, 0) is 65.0 Å². The summed E-state index contributed by atoms with van der Waals surface area (Å²) in [7, 11) is 0. The molecule has 22 heteroatoms. The molecule has 0 bridgehead atoms. The molecule has 0 aromatic heterocycles. The first kappa shape index (κ1) is 55.4. The Hall–Kier alpha value is -4.03. The van der Waals surface area contributed by atoms with Crippen LogP contribution in [0.3, 0.4) is 0 Å². The minimum atomic E-state index is -1.29. The molecular weight excluding hydrogens is 674 g/mol. The molecule has 1 aliphatic rings. The Morgan fingerprint density at radius 3 is 1.28 bits per heavy atom. The minimum absolute atomic E-state index is 0.269. The SMILES string of the molecule is CC(C)C[C@H](N)C(=O)O.C[C@@H](O)[C@H](N)C(=O)O.C[C@H](N)C(=O)O.NCCCC[C@H](N)C(=O)O.N[C@@H](CC(=O)O)C(=O)O.O=C(O)[C@@H]1CCCN1. The number of nitrogens with two attached hydrogens (primary N) is 6. The summed E-state index contributed by atoms with van der Waals surface area (Å²) in [6, 6.07) is -4.85. The van der Waals surface area contributed by atoms with Crippen LogP contribution in [0.4, 0.5) is 0 Å². The van der Waals surface area contributed by atoms with Gasteiger partial charge in [-0.1, -0.05) is 20.3 Å². The van der Waals surface area contributed by atoms with Crippen molar-refractivity contribution in [3.63, 3.8) is 0 Å². The summed E-state index contributed by atoms with van der Waals surface area (Å²) < 4.78 is 0. The summed E-state index contributed by atoms with van der Waals surface area (Å²) in [5.41, 5.74) is 30.2. The average molecular weight is 734 g/mol. The Morgan fingerprint density at radius 2 is 1.12 bits per heavy atom. The molecule has 21 N–H and O–H groups in total. The number of aliphatic hydroxyl groups is 1. The van der Waals surface area contributed by atoms with Gasteiger partial charge in [0.15, 0.2) is 0 Å². The van der Waals surface area contributed by atoms with E-state index in [1.54, 1.807) is 0 Å². The Bertz CT molecular complexity index is 967. The van der Waals surface area contributed by atoms with Crippen LogP contribution in [0, 0.1) is 5.92 Å². The van der Waals surface area contributed by atoms with Crippen molar-refractivity contribution in [3.05, 3.63) is 0 Å². The minimum Gasteiger partial charge on any atom is -0.481 e. The molecule has 0 amide bonds. The summed E-state index contributed by atoms with van der Waals surface area (Å²) in [5, 5.41) is 68.3. The van der Waals surface area contributed by atoms with E-state index in [0.717, 1.165) is 32.2 Å². The normalized spacial score (nSPS) is 16.3. The number of aliphatic carboxylic acids is 7. The van der Waals surface area contributed by atoms with Crippen molar-refractivity contribution in [2.24, 2.45) is 40.3 Å². The van der Waals surface area contributed by atoms with Crippen LogP contribution in [0.2, 0.25) is 0 Å². The number of rotatable bonds is 15. The van der Waals surface area contributed by atoms with Gasteiger partial charge in [-0.25, -0.2) is 0 Å². The van der Waals surface area contributed by atoms with Crippen molar-refractivity contribution < 1.29 is 74.4 Å². The van der Waals surface area contributed by atoms with Crippen LogP contribution < -0.4 is 39.7 Å². The molecular formula is C28H59N7O15. The van der Waals surface area contributed by atoms with Gasteiger partial charge in [0.1, 0.15) is 36.3 Å². The van der Waals surface area contributed by atoms with Gasteiger partial charge in [-0.3, -0.25) is 33.6 Å². The van der Waals surface area contributed by atoms with E-state index < -0.39 is 84.5 Å². The number of unbranched alkanes of at least 4 members (excludes halogenated alkanes) is 1. The molecule has 0 aliphatic carbocycles. The molecule has 50 heavy (non-hydrogen) atoms. The quantitative estimate of drug-likeness (QED) is 0.0739. The molecule has 0 aromatic carbocycles. The van der Waals surface area contributed by atoms with Crippen LogP contribution in [0.25, 0.3) is 0 Å². The number of nitrogens with one attached hydrogen (secondary N) is 1. The summed E-state index contributed by atoms with van der Waals surface area (Å²) >= 11 is 0. The molecule has 7 atom stereocenters. The monoisotopic (exact) mass is 733 g/mol. The lowest BCUT2D eigenvalue weighted by atomic mass is 10.1. The standard InChI is InChI=1S/C6H14N2O2.C6H13NO2.C5H9NO2.C4H7NO4.C4H9NO3.C3H7NO2/c7-4-2-1-3-5(8)6(9)10;1-4(2)3-5(7)6(8)9;7-5(8)4-2-1-3-6-4;5-2(4(8)9)1-3(6)7;1-2(6)3(5)4(7)8;1-2(4)3(5)6/h5H,1-4,7-8H2,(H,9,10);4-5H,3,7H2,1-2H3,(H,8,9);4,6H,1-3H2,(H,7,8);2H,1,5H2,(H,6,7)(H,8,9);2-3,6H,5H2,1H3,(H,7,8);2H,4H2,1H3,(H,5,6)/t2*5-;4-;2-;2-,3+;2-/m000010/s1. The number of carbonyl (C=O) groups is 7. The lowest BCUT2D eigenvalue weighted by Crippen LogP contribution is -2.39. The van der Waals surface area contributed by atoms with Gasteiger partial charge in [0.2, 0.25) is 0 Å². The maximum absolute atomic E-state index is 10.1. The predicted octanol–water partition coefficient (Wildman–Crippen LogP) is -3.14. The second kappa shape index (κ2) is 33.5. The first-order valence-electron chi connectivity index (χ1n) is 15.2. The Labute approximate surface area is 290 Å². The second-order valence-corrected chi connectivity index (χ2v) is 11.1. The Kier molecular flexibility index (Phi) is 37.1. The molecule has 0 spiro atoms. The largest absolute Gasteiger partial charge is 0.481 e. The van der Waals surface area contributed by atoms with E-state index in [9.17, 15) is 33.6 Å². The summed E-state index contributed by atoms with van der Waals surface area (Å²) in [5.74, 6) is -6.85. The Morgan fingerprint density at radius 1 is 0.680 bits per heavy atom. The fourth-order valence-electron chi connectivity index (χ4n) is 2.62. The van der Waals surface area contributed by atoms with E-state index in [2.05, 4.69) is 5.32 Å². The smallest absolute Gasteiger partial charge is 0.323 e. The van der Waals surface area contributed by atoms with Crippen molar-refractivity contribution in [2.45, 2.75) is 115 Å². The van der Waals surface area contributed by atoms with E-state index in [4.69, 9.17) is 75.3 Å². The van der Waals surface area contributed by atoms with Gasteiger partial charge in [0, 0.05) is 0 Å². The third-order valence-corrected chi connectivity index (χ3v) is 5.59. The van der Waals surface area contributed by atoms with Gasteiger partial charge in [-0.2, -0.15) is 0 Å². The highest BCUT2D eigenvalue weighted by Gasteiger charge is 2.20. The number of aliphatic hydroxyl groups excluding tert-OH is 1. The van der Waals surface area contributed by atoms with Gasteiger partial charge < -0.3 is 80.6 Å². The molecule has 0 unspecified atom stereocenters. The number of carboxylic acid groups (broad SMARTS) is 7. The van der Waals surface area contributed by atoms with Crippen LogP contribution in [-0.2, 0) is 33.6 Å². The van der Waals surface area contributed by atoms with Crippen LogP contribution in [0.1, 0.15) is 72.6 Å². The van der Waals surface area contributed by atoms with Crippen molar-refractivity contribution in [2.75, 3.05) is 13.1 Å². The van der Waals surface area contributed by atoms with E-state index >= 15 is 0 Å². The molecule has 1 fully saturated rings. The van der Waals surface area contributed by atoms with Gasteiger partial charge >= 0.3 is 41.8 Å². The zero-order chi connectivity index (χ0) is 40.7. The van der Waals surface area contributed by atoms with Crippen molar-refractivity contribution in [3.8, 4) is 0 Å². The van der Waals surface area contributed by atoms with Crippen molar-refractivity contribution in [1.29, 1.82) is 0 Å². The second-order valence-electron chi connectivity index (χ2n) is 11.1. The van der Waals surface area contributed by atoms with Gasteiger partial charge in [-0.15, -0.1) is 0 Å². The molecule has 1 heterocycles. The summed E-state index contributed by atoms with van der Waals surface area (Å²) in [4.78, 5) is 69.4. The van der Waals surface area contributed by atoms with Gasteiger partial charge in [0.25, 0.3) is 0 Å². The summed E-state index contributed by atoms with van der Waals surface area (Å²) in [6.07, 6.45) is 2.99. The van der Waals surface area contributed by atoms with Gasteiger partial charge in [0.05, 0.1) is 12.5 Å². The van der Waals surface area contributed by atoms with Crippen LogP contribution in [-0.4, -0.2) is 138 Å². The lowest BCUT2D eigenvalue weighted by Gasteiger charge is -2.07. The first-order chi connectivity index (χ1) is 22.8. The number of carboxylic acids is 7. The molecule has 1 saturated heterocycles. The summed E-state index contributed by atoms with van der Waals surface area (Å²) in [6.45, 7) is 8.11. The number of hydrogen-bond donors (Lipinski definition) is 15. The predicted molar refractivity (Wildman–Crippen MR) is 179 cm³/mol. The molecule has 296 valence electrons. The molecule has 22 nitrogen and oxygen atoms in total. The van der Waals surface area contributed by atoms with Crippen molar-refractivity contribution >= 4 is 41.8 Å². The third-order valence-electron chi connectivity index (χ3n) is 5.59. The molecule has 0 aromatic rings. The molecule has 1 aliphatic heterocycles. The first-order valence-corrected chi connectivity index (χ1v) is 15.2. The van der Waals surface area contributed by atoms with E-state index in [0.29, 0.717) is 25.3 Å². The maximum atomic E-state index is 10.1. The Balaban J connectivity index is -0.000000163. The molecule has 0 saturated carbocycles. The van der Waals surface area contributed by atoms with E-state index in [1.807, 2.05) is 13.8 Å². The van der Waals surface area contributed by atoms with Crippen LogP contribution >= 0.6 is 0 Å². The number of hydrogen-bond acceptors (Lipinski definition) is 15.